The SMILES string of the molecule is CCC(=O)c1cccc(-c2ccc(C#N)s2)c1. The maximum absolute atomic E-state index is 11.6. The van der Waals surface area contributed by atoms with E-state index in [4.69, 9.17) is 5.26 Å². The van der Waals surface area contributed by atoms with Gasteiger partial charge in [0.1, 0.15) is 10.9 Å². The zero-order valence-corrected chi connectivity index (χ0v) is 10.3. The molecule has 2 aromatic rings. The van der Waals surface area contributed by atoms with E-state index in [1.165, 1.54) is 11.3 Å². The Hall–Kier alpha value is -1.92. The number of hydrogen-bond donors (Lipinski definition) is 0. The Labute approximate surface area is 104 Å². The summed E-state index contributed by atoms with van der Waals surface area (Å²) in [6.45, 7) is 1.86. The number of rotatable bonds is 3. The number of nitriles is 1. The van der Waals surface area contributed by atoms with E-state index < -0.39 is 0 Å². The standard InChI is InChI=1S/C14H11NOS/c1-2-13(16)10-4-3-5-11(8-10)14-7-6-12(9-15)17-14/h3-8H,2H2,1H3. The van der Waals surface area contributed by atoms with Gasteiger partial charge in [-0.3, -0.25) is 4.79 Å². The molecule has 0 radical (unpaired) electrons. The number of hydrogen-bond acceptors (Lipinski definition) is 3. The number of thiophene rings is 1. The van der Waals surface area contributed by atoms with Crippen LogP contribution in [-0.4, -0.2) is 5.78 Å². The third-order valence-corrected chi connectivity index (χ3v) is 3.55. The molecule has 0 fully saturated rings. The number of nitrogens with zero attached hydrogens (tertiary/aromatic N) is 1. The first kappa shape index (κ1) is 11.6. The number of ketones is 1. The summed E-state index contributed by atoms with van der Waals surface area (Å²) in [6, 6.07) is 13.4. The molecular weight excluding hydrogens is 230 g/mol. The molecule has 0 aliphatic rings. The maximum atomic E-state index is 11.6. The molecule has 0 spiro atoms. The van der Waals surface area contributed by atoms with Crippen molar-refractivity contribution in [1.82, 2.24) is 0 Å². The van der Waals surface area contributed by atoms with Crippen LogP contribution in [0.1, 0.15) is 28.6 Å². The molecule has 1 aromatic carbocycles. The van der Waals surface area contributed by atoms with Crippen molar-refractivity contribution in [3.63, 3.8) is 0 Å². The highest BCUT2D eigenvalue weighted by Gasteiger charge is 2.06. The Morgan fingerprint density at radius 1 is 1.35 bits per heavy atom. The second kappa shape index (κ2) is 4.94. The molecule has 0 unspecified atom stereocenters. The summed E-state index contributed by atoms with van der Waals surface area (Å²) in [5.74, 6) is 0.143. The second-order valence-corrected chi connectivity index (χ2v) is 4.72. The Bertz CT molecular complexity index is 592. The van der Waals surface area contributed by atoms with E-state index in [1.807, 2.05) is 37.3 Å². The molecule has 0 saturated heterocycles. The molecule has 2 rings (SSSR count). The summed E-state index contributed by atoms with van der Waals surface area (Å²) in [5.41, 5.74) is 1.73. The zero-order valence-electron chi connectivity index (χ0n) is 9.43. The molecule has 0 atom stereocenters. The molecule has 0 bridgehead atoms. The molecule has 1 heterocycles. The summed E-state index contributed by atoms with van der Waals surface area (Å²) in [4.78, 5) is 13.3. The minimum atomic E-state index is 0.143. The minimum absolute atomic E-state index is 0.143. The van der Waals surface area contributed by atoms with E-state index in [1.54, 1.807) is 6.07 Å². The lowest BCUT2D eigenvalue weighted by Crippen LogP contribution is -1.95. The molecule has 2 nitrogen and oxygen atoms in total. The van der Waals surface area contributed by atoms with Crippen LogP contribution in [0.25, 0.3) is 10.4 Å². The van der Waals surface area contributed by atoms with Gasteiger partial charge in [0, 0.05) is 16.9 Å². The first-order chi connectivity index (χ1) is 8.24. The van der Waals surface area contributed by atoms with Crippen molar-refractivity contribution >= 4 is 17.1 Å². The van der Waals surface area contributed by atoms with Crippen molar-refractivity contribution in [2.45, 2.75) is 13.3 Å². The van der Waals surface area contributed by atoms with Crippen molar-refractivity contribution in [3.05, 3.63) is 46.8 Å². The van der Waals surface area contributed by atoms with Crippen LogP contribution in [-0.2, 0) is 0 Å². The van der Waals surface area contributed by atoms with Crippen LogP contribution in [0.15, 0.2) is 36.4 Å². The van der Waals surface area contributed by atoms with Crippen molar-refractivity contribution in [1.29, 1.82) is 5.26 Å². The van der Waals surface area contributed by atoms with Crippen LogP contribution in [0.2, 0.25) is 0 Å². The van der Waals surface area contributed by atoms with Crippen LogP contribution in [0.4, 0.5) is 0 Å². The molecule has 0 N–H and O–H groups in total. The summed E-state index contributed by atoms with van der Waals surface area (Å²) < 4.78 is 0. The third kappa shape index (κ3) is 2.43. The molecule has 0 aliphatic heterocycles. The van der Waals surface area contributed by atoms with Crippen molar-refractivity contribution in [3.8, 4) is 16.5 Å². The predicted molar refractivity (Wildman–Crippen MR) is 69.1 cm³/mol. The second-order valence-electron chi connectivity index (χ2n) is 3.63. The Morgan fingerprint density at radius 3 is 2.82 bits per heavy atom. The number of carbonyl (C=O) groups is 1. The summed E-state index contributed by atoms with van der Waals surface area (Å²) in [5, 5.41) is 8.79. The summed E-state index contributed by atoms with van der Waals surface area (Å²) >= 11 is 1.44. The monoisotopic (exact) mass is 241 g/mol. The largest absolute Gasteiger partial charge is 0.294 e. The van der Waals surface area contributed by atoms with E-state index in [9.17, 15) is 4.79 Å². The van der Waals surface area contributed by atoms with E-state index in [2.05, 4.69) is 6.07 Å². The molecule has 0 aliphatic carbocycles. The average Bonchev–Trinajstić information content (AvgIpc) is 2.86. The summed E-state index contributed by atoms with van der Waals surface area (Å²) in [7, 11) is 0. The topological polar surface area (TPSA) is 40.9 Å². The molecular formula is C14H11NOS. The molecule has 3 heteroatoms. The van der Waals surface area contributed by atoms with Gasteiger partial charge in [0.25, 0.3) is 0 Å². The van der Waals surface area contributed by atoms with E-state index >= 15 is 0 Å². The van der Waals surface area contributed by atoms with E-state index in [0.29, 0.717) is 11.3 Å². The summed E-state index contributed by atoms with van der Waals surface area (Å²) in [6.07, 6.45) is 0.511. The van der Waals surface area contributed by atoms with Gasteiger partial charge in [-0.15, -0.1) is 11.3 Å². The van der Waals surface area contributed by atoms with Crippen LogP contribution >= 0.6 is 11.3 Å². The fourth-order valence-corrected chi connectivity index (χ4v) is 2.40. The lowest BCUT2D eigenvalue weighted by Gasteiger charge is -2.01. The average molecular weight is 241 g/mol. The van der Waals surface area contributed by atoms with E-state index in [-0.39, 0.29) is 5.78 Å². The Morgan fingerprint density at radius 2 is 2.18 bits per heavy atom. The zero-order chi connectivity index (χ0) is 12.3. The van der Waals surface area contributed by atoms with Crippen molar-refractivity contribution in [2.75, 3.05) is 0 Å². The minimum Gasteiger partial charge on any atom is -0.294 e. The number of Topliss-reactive ketones (excluding diaryl/α,β-unsaturated/α-hetero) is 1. The third-order valence-electron chi connectivity index (χ3n) is 2.51. The van der Waals surface area contributed by atoms with Gasteiger partial charge in [0.2, 0.25) is 0 Å². The lowest BCUT2D eigenvalue weighted by atomic mass is 10.1. The van der Waals surface area contributed by atoms with Gasteiger partial charge in [0.15, 0.2) is 5.78 Å². The first-order valence-corrected chi connectivity index (χ1v) is 6.20. The van der Waals surface area contributed by atoms with Crippen molar-refractivity contribution < 1.29 is 4.79 Å². The fourth-order valence-electron chi connectivity index (χ4n) is 1.60. The Kier molecular flexibility index (Phi) is 3.36. The quantitative estimate of drug-likeness (QED) is 0.765. The normalized spacial score (nSPS) is 9.88. The van der Waals surface area contributed by atoms with Crippen molar-refractivity contribution in [2.24, 2.45) is 0 Å². The van der Waals surface area contributed by atoms with Gasteiger partial charge in [-0.25, -0.2) is 0 Å². The molecule has 17 heavy (non-hydrogen) atoms. The highest BCUT2D eigenvalue weighted by Crippen LogP contribution is 2.28. The van der Waals surface area contributed by atoms with Crippen LogP contribution in [0.3, 0.4) is 0 Å². The van der Waals surface area contributed by atoms with Gasteiger partial charge in [-0.05, 0) is 23.8 Å². The van der Waals surface area contributed by atoms with Gasteiger partial charge < -0.3 is 0 Å². The molecule has 0 amide bonds. The Balaban J connectivity index is 2.40. The van der Waals surface area contributed by atoms with E-state index in [0.717, 1.165) is 16.0 Å². The van der Waals surface area contributed by atoms with Crippen LogP contribution in [0, 0.1) is 11.3 Å². The predicted octanol–water partition coefficient (Wildman–Crippen LogP) is 3.88. The lowest BCUT2D eigenvalue weighted by molar-refractivity contribution is 0.0988. The smallest absolute Gasteiger partial charge is 0.162 e. The number of carbonyl (C=O) groups excluding carboxylic acids is 1. The maximum Gasteiger partial charge on any atom is 0.162 e. The fraction of sp³-hybridized carbons (Fsp3) is 0.143. The van der Waals surface area contributed by atoms with Gasteiger partial charge in [-0.2, -0.15) is 5.26 Å². The molecule has 0 saturated carbocycles. The molecule has 1 aromatic heterocycles. The van der Waals surface area contributed by atoms with Crippen LogP contribution in [0.5, 0.6) is 0 Å². The highest BCUT2D eigenvalue weighted by atomic mass is 32.1. The number of benzene rings is 1. The first-order valence-electron chi connectivity index (χ1n) is 5.38. The van der Waals surface area contributed by atoms with Gasteiger partial charge in [0.05, 0.1) is 0 Å². The van der Waals surface area contributed by atoms with Gasteiger partial charge in [-0.1, -0.05) is 25.1 Å². The van der Waals surface area contributed by atoms with Crippen LogP contribution < -0.4 is 0 Å². The van der Waals surface area contributed by atoms with Gasteiger partial charge >= 0.3 is 0 Å². The molecule has 84 valence electrons. The highest BCUT2D eigenvalue weighted by molar-refractivity contribution is 7.16.